The first-order chi connectivity index (χ1) is 16.5. The highest BCUT2D eigenvalue weighted by Gasteiger charge is 2.32. The number of carbonyl (C=O) groups is 2. The van der Waals surface area contributed by atoms with E-state index in [2.05, 4.69) is 22.2 Å². The van der Waals surface area contributed by atoms with Gasteiger partial charge in [-0.2, -0.15) is 0 Å². The molecular weight excluding hydrogens is 431 g/mol. The lowest BCUT2D eigenvalue weighted by Gasteiger charge is -2.20. The molecule has 1 unspecified atom stereocenters. The number of aryl methyl sites for hydroxylation is 1. The van der Waals surface area contributed by atoms with Crippen LogP contribution in [0.5, 0.6) is 0 Å². The molecule has 6 nitrogen and oxygen atoms in total. The van der Waals surface area contributed by atoms with E-state index < -0.39 is 23.8 Å². The van der Waals surface area contributed by atoms with Crippen LogP contribution in [0.4, 0.5) is 10.1 Å². The number of fused-ring (bicyclic) bond motifs is 2. The lowest BCUT2D eigenvalue weighted by atomic mass is 10.00. The monoisotopic (exact) mass is 454 g/mol. The molecule has 0 spiro atoms. The Kier molecular flexibility index (Phi) is 5.45. The maximum Gasteiger partial charge on any atom is 0.272 e. The summed E-state index contributed by atoms with van der Waals surface area (Å²) in [6, 6.07) is 21.1. The van der Waals surface area contributed by atoms with Gasteiger partial charge in [-0.3, -0.25) is 9.59 Å². The zero-order chi connectivity index (χ0) is 23.8. The molecule has 170 valence electrons. The van der Waals surface area contributed by atoms with Crippen LogP contribution in [0.15, 0.2) is 77.8 Å². The van der Waals surface area contributed by atoms with Crippen LogP contribution in [-0.2, 0) is 11.2 Å². The normalized spacial score (nSPS) is 15.6. The summed E-state index contributed by atoms with van der Waals surface area (Å²) in [7, 11) is 1.62. The first kappa shape index (κ1) is 21.6. The second-order valence-electron chi connectivity index (χ2n) is 8.16. The Morgan fingerprint density at radius 1 is 1.06 bits per heavy atom. The number of benzene rings is 3. The number of nitrogens with one attached hydrogen (secondary N) is 2. The third kappa shape index (κ3) is 3.65. The number of benzodiazepines with no additional fused rings is 1. The van der Waals surface area contributed by atoms with Gasteiger partial charge < -0.3 is 15.2 Å². The molecule has 2 N–H and O–H groups in total. The second kappa shape index (κ2) is 8.59. The molecule has 1 aromatic heterocycles. The first-order valence-corrected chi connectivity index (χ1v) is 11.1. The molecule has 7 heteroatoms. The summed E-state index contributed by atoms with van der Waals surface area (Å²) in [5.41, 5.74) is 4.06. The van der Waals surface area contributed by atoms with E-state index in [1.165, 1.54) is 11.0 Å². The molecule has 0 saturated heterocycles. The standard InChI is InChI=1S/C27H23FN4O2/c1-3-16-9-8-13-21-19(16)15-22(29-21)26(33)31-25-27(34)32(2)23-14-7-5-11-18(23)24(30-25)17-10-4-6-12-20(17)28/h4-15,25,29H,3H2,1-2H3,(H,31,33). The predicted octanol–water partition coefficient (Wildman–Crippen LogP) is 4.44. The van der Waals surface area contributed by atoms with Gasteiger partial charge in [0, 0.05) is 29.1 Å². The maximum absolute atomic E-state index is 14.8. The summed E-state index contributed by atoms with van der Waals surface area (Å²) in [5, 5.41) is 3.70. The fourth-order valence-corrected chi connectivity index (χ4v) is 4.33. The molecule has 1 atom stereocenters. The molecule has 0 bridgehead atoms. The number of para-hydroxylation sites is 1. The van der Waals surface area contributed by atoms with E-state index in [1.54, 1.807) is 49.5 Å². The number of likely N-dealkylation sites (N-methyl/N-ethyl adjacent to an activating group) is 1. The highest BCUT2D eigenvalue weighted by atomic mass is 19.1. The molecule has 4 aromatic rings. The highest BCUT2D eigenvalue weighted by molar-refractivity contribution is 6.20. The highest BCUT2D eigenvalue weighted by Crippen LogP contribution is 2.28. The average Bonchev–Trinajstić information content (AvgIpc) is 3.27. The summed E-state index contributed by atoms with van der Waals surface area (Å²) < 4.78 is 14.8. The number of hydrogen-bond donors (Lipinski definition) is 2. The molecule has 1 aliphatic heterocycles. The van der Waals surface area contributed by atoms with Crippen LogP contribution < -0.4 is 10.2 Å². The van der Waals surface area contributed by atoms with Gasteiger partial charge in [-0.15, -0.1) is 0 Å². The molecule has 0 aliphatic carbocycles. The third-order valence-corrected chi connectivity index (χ3v) is 6.12. The van der Waals surface area contributed by atoms with Crippen LogP contribution in [0.3, 0.4) is 0 Å². The topological polar surface area (TPSA) is 77.6 Å². The number of aromatic nitrogens is 1. The van der Waals surface area contributed by atoms with E-state index in [4.69, 9.17) is 0 Å². The number of aromatic amines is 1. The van der Waals surface area contributed by atoms with Gasteiger partial charge in [-0.25, -0.2) is 9.38 Å². The lowest BCUT2D eigenvalue weighted by molar-refractivity contribution is -0.119. The summed E-state index contributed by atoms with van der Waals surface area (Å²) in [5.74, 6) is -1.34. The number of hydrogen-bond acceptors (Lipinski definition) is 3. The van der Waals surface area contributed by atoms with E-state index in [0.29, 0.717) is 22.7 Å². The number of rotatable bonds is 4. The molecule has 0 saturated carbocycles. The molecular formula is C27H23FN4O2. The second-order valence-corrected chi connectivity index (χ2v) is 8.16. The van der Waals surface area contributed by atoms with Crippen molar-refractivity contribution in [2.45, 2.75) is 19.5 Å². The molecule has 0 fully saturated rings. The zero-order valence-electron chi connectivity index (χ0n) is 18.8. The quantitative estimate of drug-likeness (QED) is 0.478. The molecule has 5 rings (SSSR count). The van der Waals surface area contributed by atoms with Crippen molar-refractivity contribution in [3.63, 3.8) is 0 Å². The Morgan fingerprint density at radius 3 is 2.56 bits per heavy atom. The van der Waals surface area contributed by atoms with Gasteiger partial charge in [-0.1, -0.05) is 49.4 Å². The van der Waals surface area contributed by atoms with E-state index in [0.717, 1.165) is 22.9 Å². The van der Waals surface area contributed by atoms with Crippen molar-refractivity contribution in [1.82, 2.24) is 10.3 Å². The van der Waals surface area contributed by atoms with Crippen molar-refractivity contribution in [2.24, 2.45) is 4.99 Å². The number of carbonyl (C=O) groups excluding carboxylic acids is 2. The van der Waals surface area contributed by atoms with E-state index >= 15 is 0 Å². The van der Waals surface area contributed by atoms with E-state index in [1.807, 2.05) is 24.3 Å². The summed E-state index contributed by atoms with van der Waals surface area (Å²) >= 11 is 0. The van der Waals surface area contributed by atoms with Crippen molar-refractivity contribution >= 4 is 34.1 Å². The average molecular weight is 455 g/mol. The minimum atomic E-state index is -1.23. The Balaban J connectivity index is 1.57. The van der Waals surface area contributed by atoms with Crippen LogP contribution >= 0.6 is 0 Å². The van der Waals surface area contributed by atoms with Crippen molar-refractivity contribution in [3.8, 4) is 0 Å². The molecule has 0 radical (unpaired) electrons. The number of halogens is 1. The van der Waals surface area contributed by atoms with Gasteiger partial charge in [-0.05, 0) is 42.3 Å². The Hall–Kier alpha value is -4.26. The van der Waals surface area contributed by atoms with Crippen LogP contribution in [-0.4, -0.2) is 35.7 Å². The fourth-order valence-electron chi connectivity index (χ4n) is 4.33. The van der Waals surface area contributed by atoms with Crippen LogP contribution in [0, 0.1) is 5.82 Å². The predicted molar refractivity (Wildman–Crippen MR) is 131 cm³/mol. The molecule has 1 aliphatic rings. The first-order valence-electron chi connectivity index (χ1n) is 11.1. The van der Waals surface area contributed by atoms with Crippen molar-refractivity contribution in [3.05, 3.63) is 101 Å². The Morgan fingerprint density at radius 2 is 1.79 bits per heavy atom. The molecule has 2 amide bonds. The molecule has 3 aromatic carbocycles. The van der Waals surface area contributed by atoms with Crippen molar-refractivity contribution in [1.29, 1.82) is 0 Å². The van der Waals surface area contributed by atoms with Crippen molar-refractivity contribution in [2.75, 3.05) is 11.9 Å². The van der Waals surface area contributed by atoms with Gasteiger partial charge in [0.15, 0.2) is 0 Å². The van der Waals surface area contributed by atoms with E-state index in [9.17, 15) is 14.0 Å². The Bertz CT molecular complexity index is 1460. The van der Waals surface area contributed by atoms with Gasteiger partial charge in [0.05, 0.1) is 11.4 Å². The number of H-pyrrole nitrogens is 1. The number of anilines is 1. The molecule has 2 heterocycles. The van der Waals surface area contributed by atoms with E-state index in [-0.39, 0.29) is 5.56 Å². The maximum atomic E-state index is 14.8. The van der Waals surface area contributed by atoms with Gasteiger partial charge in [0.1, 0.15) is 11.5 Å². The molecule has 34 heavy (non-hydrogen) atoms. The SMILES string of the molecule is CCc1cccc2[nH]c(C(=O)NC3N=C(c4ccccc4F)c4ccccc4N(C)C3=O)cc12. The van der Waals surface area contributed by atoms with Crippen molar-refractivity contribution < 1.29 is 14.0 Å². The minimum Gasteiger partial charge on any atom is -0.351 e. The number of nitrogens with zero attached hydrogens (tertiary/aromatic N) is 2. The third-order valence-electron chi connectivity index (χ3n) is 6.12. The van der Waals surface area contributed by atoms with Crippen LogP contribution in [0.25, 0.3) is 10.9 Å². The fraction of sp³-hybridized carbons (Fsp3) is 0.148. The Labute approximate surface area is 196 Å². The van der Waals surface area contributed by atoms with Gasteiger partial charge in [0.2, 0.25) is 6.17 Å². The number of aliphatic imine (C=N–C) groups is 1. The minimum absolute atomic E-state index is 0.260. The largest absolute Gasteiger partial charge is 0.351 e. The van der Waals surface area contributed by atoms with Gasteiger partial charge >= 0.3 is 0 Å². The van der Waals surface area contributed by atoms with Gasteiger partial charge in [0.25, 0.3) is 11.8 Å². The zero-order valence-corrected chi connectivity index (χ0v) is 18.8. The summed E-state index contributed by atoms with van der Waals surface area (Å²) in [6.45, 7) is 2.05. The summed E-state index contributed by atoms with van der Waals surface area (Å²) in [4.78, 5) is 35.6. The summed E-state index contributed by atoms with van der Waals surface area (Å²) in [6.07, 6.45) is -0.395. The number of amides is 2. The smallest absolute Gasteiger partial charge is 0.272 e. The van der Waals surface area contributed by atoms with Crippen LogP contribution in [0.2, 0.25) is 0 Å². The lowest BCUT2D eigenvalue weighted by Crippen LogP contribution is -2.46. The van der Waals surface area contributed by atoms with Crippen LogP contribution in [0.1, 0.15) is 34.1 Å².